The van der Waals surface area contributed by atoms with E-state index in [2.05, 4.69) is 62.8 Å². The number of hydrogen-bond donors (Lipinski definition) is 0. The molecule has 13 heteroatoms. The smallest absolute Gasteiger partial charge is 0.319 e. The van der Waals surface area contributed by atoms with Crippen LogP contribution in [0, 0.1) is 23.1 Å². The molecule has 4 atom stereocenters. The second kappa shape index (κ2) is 15.7. The molecule has 304 valence electrons. The number of fused-ring (bicyclic) bond motifs is 4. The zero-order valence-electron chi connectivity index (χ0n) is 34.1. The summed E-state index contributed by atoms with van der Waals surface area (Å²) in [6, 6.07) is 6.64. The van der Waals surface area contributed by atoms with Crippen molar-refractivity contribution in [1.29, 1.82) is 0 Å². The first-order chi connectivity index (χ1) is 27.4. The summed E-state index contributed by atoms with van der Waals surface area (Å²) < 4.78 is 72.1. The molecule has 1 saturated carbocycles. The Morgan fingerprint density at radius 3 is 2.56 bits per heavy atom. The van der Waals surface area contributed by atoms with Gasteiger partial charge in [0.2, 0.25) is 0 Å². The Labute approximate surface area is 334 Å². The molecule has 5 heterocycles. The normalized spacial score (nSPS) is 23.6. The van der Waals surface area contributed by atoms with Crippen molar-refractivity contribution in [3.63, 3.8) is 0 Å². The van der Waals surface area contributed by atoms with Gasteiger partial charge >= 0.3 is 6.01 Å². The van der Waals surface area contributed by atoms with Gasteiger partial charge in [-0.05, 0) is 72.4 Å². The lowest BCUT2D eigenvalue weighted by Crippen LogP contribution is -2.43. The quantitative estimate of drug-likeness (QED) is 0.0839. The molecule has 4 fully saturated rings. The van der Waals surface area contributed by atoms with Crippen LogP contribution in [0.2, 0.25) is 16.6 Å². The second-order valence-electron chi connectivity index (χ2n) is 17.3. The highest BCUT2D eigenvalue weighted by atomic mass is 28.3. The number of alkyl halides is 1. The number of hydrogen-bond acceptors (Lipinski definition) is 9. The largest absolute Gasteiger partial charge is 0.468 e. The number of anilines is 1. The fourth-order valence-electron chi connectivity index (χ4n) is 10.2. The van der Waals surface area contributed by atoms with E-state index in [1.165, 1.54) is 13.2 Å². The standard InChI is InChI=1S/C44H54F3N5O4Si/c1-26(2)57(27(3)4,28(5)6)17-12-32-35(46)11-10-29-18-31(56-25-53-7)19-33(38(29)32)40-39(47)41-34(22-48-40)42(52-15-9-16-54-37-20-36(37)52)50-43(49-41)55-24-44-13-8-14-51(44)23-30(45)21-44/h10-11,18-19,22,26-28,30,36-37H,8-9,13-16,20-21,23-25H2,1-7H3/t30-,36-,37+,44+/m1/s1. The number of methoxy groups -OCH3 is 1. The second-order valence-corrected chi connectivity index (χ2v) is 22.9. The van der Waals surface area contributed by atoms with E-state index in [1.54, 1.807) is 24.4 Å². The Balaban J connectivity index is 1.31. The summed E-state index contributed by atoms with van der Waals surface area (Å²) >= 11 is 0. The van der Waals surface area contributed by atoms with Gasteiger partial charge in [0.05, 0.1) is 28.6 Å². The molecule has 9 nitrogen and oxygen atoms in total. The summed E-state index contributed by atoms with van der Waals surface area (Å²) in [5.41, 5.74) is 4.73. The van der Waals surface area contributed by atoms with Crippen LogP contribution in [-0.4, -0.2) is 98.5 Å². The summed E-state index contributed by atoms with van der Waals surface area (Å²) in [6.07, 6.45) is 4.54. The van der Waals surface area contributed by atoms with Gasteiger partial charge in [-0.1, -0.05) is 53.5 Å². The van der Waals surface area contributed by atoms with E-state index in [1.807, 2.05) is 0 Å². The maximum atomic E-state index is 17.6. The molecular formula is C44H54F3N5O4Si. The lowest BCUT2D eigenvalue weighted by molar-refractivity contribution is 0.0512. The summed E-state index contributed by atoms with van der Waals surface area (Å²) in [5.74, 6) is 3.07. The van der Waals surface area contributed by atoms with Crippen LogP contribution in [0.5, 0.6) is 11.8 Å². The summed E-state index contributed by atoms with van der Waals surface area (Å²) in [7, 11) is -0.764. The van der Waals surface area contributed by atoms with Gasteiger partial charge in [-0.25, -0.2) is 13.2 Å². The number of benzene rings is 2. The van der Waals surface area contributed by atoms with Crippen molar-refractivity contribution in [2.45, 2.75) is 114 Å². The first kappa shape index (κ1) is 39.8. The zero-order valence-corrected chi connectivity index (χ0v) is 35.1. The predicted octanol–water partition coefficient (Wildman–Crippen LogP) is 9.00. The predicted molar refractivity (Wildman–Crippen MR) is 219 cm³/mol. The average molecular weight is 802 g/mol. The lowest BCUT2D eigenvalue weighted by atomic mass is 9.95. The molecular weight excluding hydrogens is 748 g/mol. The molecule has 4 aliphatic rings. The molecule has 4 aromatic rings. The number of halogens is 3. The minimum atomic E-state index is -2.29. The highest BCUT2D eigenvalue weighted by Gasteiger charge is 2.50. The van der Waals surface area contributed by atoms with Crippen LogP contribution in [0.25, 0.3) is 32.9 Å². The topological polar surface area (TPSA) is 82.1 Å². The van der Waals surface area contributed by atoms with E-state index in [0.717, 1.165) is 32.2 Å². The molecule has 57 heavy (non-hydrogen) atoms. The van der Waals surface area contributed by atoms with E-state index < -0.39 is 31.4 Å². The SMILES string of the molecule is COCOc1cc(-c2ncc3c(N4CCCO[C@H]5C[C@H]54)nc(OC[C@@]45CCCN4C[C@H](F)C5)nc3c2F)c2c(C#C[Si](C(C)C)(C(C)C)C(C)C)c(F)ccc2c1. The van der Waals surface area contributed by atoms with Crippen LogP contribution in [-0.2, 0) is 9.47 Å². The van der Waals surface area contributed by atoms with Crippen molar-refractivity contribution in [3.8, 4) is 34.5 Å². The molecule has 3 saturated heterocycles. The van der Waals surface area contributed by atoms with E-state index in [0.29, 0.717) is 76.0 Å². The maximum absolute atomic E-state index is 17.6. The molecule has 0 amide bonds. The maximum Gasteiger partial charge on any atom is 0.319 e. The molecule has 0 bridgehead atoms. The number of nitrogens with zero attached hydrogens (tertiary/aromatic N) is 5. The Morgan fingerprint density at radius 1 is 1.02 bits per heavy atom. The molecule has 0 unspecified atom stereocenters. The summed E-state index contributed by atoms with van der Waals surface area (Å²) in [4.78, 5) is 18.7. The fourth-order valence-corrected chi connectivity index (χ4v) is 15.4. The van der Waals surface area contributed by atoms with Gasteiger partial charge in [0.25, 0.3) is 0 Å². The van der Waals surface area contributed by atoms with Crippen molar-refractivity contribution < 1.29 is 32.1 Å². The van der Waals surface area contributed by atoms with Gasteiger partial charge in [0, 0.05) is 50.4 Å². The highest BCUT2D eigenvalue weighted by molar-refractivity contribution is 6.90. The third-order valence-electron chi connectivity index (χ3n) is 13.0. The van der Waals surface area contributed by atoms with Gasteiger partial charge in [0.1, 0.15) is 49.4 Å². The molecule has 2 aromatic heterocycles. The number of rotatable bonds is 11. The van der Waals surface area contributed by atoms with Gasteiger partial charge in [0.15, 0.2) is 12.6 Å². The van der Waals surface area contributed by atoms with Gasteiger partial charge in [-0.2, -0.15) is 9.97 Å². The lowest BCUT2D eigenvalue weighted by Gasteiger charge is -2.38. The van der Waals surface area contributed by atoms with E-state index in [-0.39, 0.29) is 48.3 Å². The molecule has 2 aromatic carbocycles. The Kier molecular flexibility index (Phi) is 10.9. The molecule has 1 aliphatic carbocycles. The first-order valence-corrected chi connectivity index (χ1v) is 22.8. The van der Waals surface area contributed by atoms with Crippen LogP contribution < -0.4 is 14.4 Å². The Hall–Kier alpha value is -3.96. The monoisotopic (exact) mass is 801 g/mol. The van der Waals surface area contributed by atoms with Crippen molar-refractivity contribution in [2.75, 3.05) is 51.7 Å². The third-order valence-corrected chi connectivity index (χ3v) is 19.3. The third kappa shape index (κ3) is 7.14. The molecule has 3 aliphatic heterocycles. The minimum absolute atomic E-state index is 0.0245. The Morgan fingerprint density at radius 2 is 1.81 bits per heavy atom. The Bertz CT molecular complexity index is 2210. The number of pyridine rings is 1. The minimum Gasteiger partial charge on any atom is -0.468 e. The first-order valence-electron chi connectivity index (χ1n) is 20.5. The van der Waals surface area contributed by atoms with Gasteiger partial charge < -0.3 is 23.8 Å². The van der Waals surface area contributed by atoms with Crippen LogP contribution in [0.15, 0.2) is 30.5 Å². The number of aromatic nitrogens is 3. The molecule has 0 radical (unpaired) electrons. The van der Waals surface area contributed by atoms with Crippen LogP contribution in [0.1, 0.15) is 79.2 Å². The number of ether oxygens (including phenoxy) is 4. The van der Waals surface area contributed by atoms with Crippen molar-refractivity contribution in [2.24, 2.45) is 0 Å². The average Bonchev–Trinajstić information content (AvgIpc) is 3.78. The van der Waals surface area contributed by atoms with Crippen LogP contribution >= 0.6 is 0 Å². The summed E-state index contributed by atoms with van der Waals surface area (Å²) in [6.45, 7) is 15.9. The zero-order chi connectivity index (χ0) is 40.2. The van der Waals surface area contributed by atoms with Crippen LogP contribution in [0.4, 0.5) is 19.0 Å². The van der Waals surface area contributed by atoms with Crippen molar-refractivity contribution in [3.05, 3.63) is 47.7 Å². The van der Waals surface area contributed by atoms with Crippen LogP contribution in [0.3, 0.4) is 0 Å². The van der Waals surface area contributed by atoms with Crippen molar-refractivity contribution in [1.82, 2.24) is 19.9 Å². The van der Waals surface area contributed by atoms with E-state index >= 15 is 8.78 Å². The fraction of sp³-hybridized carbons (Fsp3) is 0.568. The summed E-state index contributed by atoms with van der Waals surface area (Å²) in [5, 5.41) is 1.50. The van der Waals surface area contributed by atoms with E-state index in [9.17, 15) is 4.39 Å². The molecule has 0 N–H and O–H groups in total. The van der Waals surface area contributed by atoms with Crippen molar-refractivity contribution >= 4 is 35.6 Å². The highest BCUT2D eigenvalue weighted by Crippen LogP contribution is 2.45. The molecule has 8 rings (SSSR count). The van der Waals surface area contributed by atoms with Gasteiger partial charge in [-0.3, -0.25) is 9.88 Å². The van der Waals surface area contributed by atoms with Gasteiger partial charge in [-0.15, -0.1) is 5.54 Å². The molecule has 0 spiro atoms. The van der Waals surface area contributed by atoms with E-state index in [4.69, 9.17) is 33.9 Å².